The molecule has 0 N–H and O–H groups in total. The quantitative estimate of drug-likeness (QED) is 0.415. The first-order valence-electron chi connectivity index (χ1n) is 6.74. The molecule has 1 unspecified atom stereocenters. The van der Waals surface area contributed by atoms with Gasteiger partial charge in [0.15, 0.2) is 0 Å². The molecule has 0 aromatic carbocycles. The van der Waals surface area contributed by atoms with Crippen molar-refractivity contribution >= 4 is 5.71 Å². The zero-order chi connectivity index (χ0) is 12.9. The van der Waals surface area contributed by atoms with E-state index >= 15 is 0 Å². The van der Waals surface area contributed by atoms with Crippen molar-refractivity contribution in [3.05, 3.63) is 36.5 Å². The lowest BCUT2D eigenvalue weighted by Crippen LogP contribution is -2.09. The average molecular weight is 233 g/mol. The molecule has 0 fully saturated rings. The van der Waals surface area contributed by atoms with E-state index in [1.165, 1.54) is 12.1 Å². The van der Waals surface area contributed by atoms with E-state index in [1.807, 2.05) is 6.92 Å². The second kappa shape index (κ2) is 11.4. The first-order valence-corrected chi connectivity index (χ1v) is 6.74. The Balaban J connectivity index is 4.78. The molecule has 0 saturated carbocycles. The van der Waals surface area contributed by atoms with Crippen LogP contribution in [0.2, 0.25) is 0 Å². The summed E-state index contributed by atoms with van der Waals surface area (Å²) < 4.78 is 0. The Morgan fingerprint density at radius 2 is 1.88 bits per heavy atom. The number of hydrogen-bond acceptors (Lipinski definition) is 1. The molecule has 0 rings (SSSR count). The van der Waals surface area contributed by atoms with Crippen LogP contribution in [0.1, 0.15) is 47.0 Å². The smallest absolute Gasteiger partial charge is 0.0416 e. The van der Waals surface area contributed by atoms with Crippen LogP contribution in [0.15, 0.2) is 41.4 Å². The van der Waals surface area contributed by atoms with Crippen LogP contribution in [0.4, 0.5) is 0 Å². The normalized spacial score (nSPS) is 15.4. The molecule has 0 aliphatic rings. The van der Waals surface area contributed by atoms with Crippen LogP contribution in [0.5, 0.6) is 0 Å². The Bertz CT molecular complexity index is 282. The summed E-state index contributed by atoms with van der Waals surface area (Å²) >= 11 is 0. The molecule has 0 saturated heterocycles. The van der Waals surface area contributed by atoms with Gasteiger partial charge < -0.3 is 0 Å². The molecule has 0 aromatic heterocycles. The molecule has 0 radical (unpaired) electrons. The van der Waals surface area contributed by atoms with Gasteiger partial charge in [0, 0.05) is 18.2 Å². The molecule has 0 amide bonds. The predicted octanol–water partition coefficient (Wildman–Crippen LogP) is 4.96. The van der Waals surface area contributed by atoms with Gasteiger partial charge in [0.05, 0.1) is 0 Å². The van der Waals surface area contributed by atoms with E-state index in [2.05, 4.69) is 62.2 Å². The van der Waals surface area contributed by atoms with Crippen LogP contribution < -0.4 is 0 Å². The monoisotopic (exact) mass is 233 g/mol. The van der Waals surface area contributed by atoms with Gasteiger partial charge in [-0.15, -0.1) is 0 Å². The molecule has 1 atom stereocenters. The van der Waals surface area contributed by atoms with E-state index in [0.29, 0.717) is 5.92 Å². The van der Waals surface area contributed by atoms with Crippen molar-refractivity contribution in [2.45, 2.75) is 47.0 Å². The van der Waals surface area contributed by atoms with Gasteiger partial charge in [0.25, 0.3) is 0 Å². The molecule has 0 bridgehead atoms. The topological polar surface area (TPSA) is 12.4 Å². The maximum Gasteiger partial charge on any atom is 0.0416 e. The van der Waals surface area contributed by atoms with Gasteiger partial charge in [-0.1, -0.05) is 43.7 Å². The van der Waals surface area contributed by atoms with Gasteiger partial charge in [-0.2, -0.15) is 0 Å². The average Bonchev–Trinajstić information content (AvgIpc) is 2.33. The Morgan fingerprint density at radius 1 is 1.12 bits per heavy atom. The molecule has 1 nitrogen and oxygen atoms in total. The van der Waals surface area contributed by atoms with Gasteiger partial charge in [-0.3, -0.25) is 4.99 Å². The fourth-order valence-electron chi connectivity index (χ4n) is 1.65. The van der Waals surface area contributed by atoms with Crippen LogP contribution in [0.25, 0.3) is 0 Å². The standard InChI is InChI=1S/C16H27N/c1-5-9-11-14-15(13-10-6-2)16(12-7-3)17-8-4/h6-7,10-12,14-15H,5,8-9,13H2,1-4H3/b10-6?,12-7-,14-11?,17-16-. The third-order valence-corrected chi connectivity index (χ3v) is 2.51. The first kappa shape index (κ1) is 15.9. The van der Waals surface area contributed by atoms with E-state index in [4.69, 9.17) is 0 Å². The van der Waals surface area contributed by atoms with Crippen molar-refractivity contribution in [3.8, 4) is 0 Å². The van der Waals surface area contributed by atoms with Crippen molar-refractivity contribution in [2.24, 2.45) is 10.9 Å². The Labute approximate surface area is 107 Å². The Kier molecular flexibility index (Phi) is 10.6. The van der Waals surface area contributed by atoms with E-state index in [-0.39, 0.29) is 0 Å². The third kappa shape index (κ3) is 7.73. The van der Waals surface area contributed by atoms with E-state index in [0.717, 1.165) is 19.4 Å². The summed E-state index contributed by atoms with van der Waals surface area (Å²) in [5.74, 6) is 0.425. The van der Waals surface area contributed by atoms with Gasteiger partial charge in [-0.25, -0.2) is 0 Å². The van der Waals surface area contributed by atoms with Crippen molar-refractivity contribution in [3.63, 3.8) is 0 Å². The molecule has 0 aromatic rings. The van der Waals surface area contributed by atoms with Crippen molar-refractivity contribution in [2.75, 3.05) is 6.54 Å². The minimum absolute atomic E-state index is 0.425. The van der Waals surface area contributed by atoms with Crippen molar-refractivity contribution < 1.29 is 0 Å². The molecule has 96 valence electrons. The summed E-state index contributed by atoms with van der Waals surface area (Å²) in [5.41, 5.74) is 1.19. The van der Waals surface area contributed by atoms with E-state index in [9.17, 15) is 0 Å². The zero-order valence-electron chi connectivity index (χ0n) is 11.8. The van der Waals surface area contributed by atoms with Gasteiger partial charge in [-0.05, 0) is 39.7 Å². The number of allylic oxidation sites excluding steroid dienone is 6. The van der Waals surface area contributed by atoms with Crippen molar-refractivity contribution in [1.82, 2.24) is 0 Å². The largest absolute Gasteiger partial charge is 0.289 e. The molecule has 0 aliphatic carbocycles. The highest BCUT2D eigenvalue weighted by atomic mass is 14.7. The lowest BCUT2D eigenvalue weighted by Gasteiger charge is -2.11. The van der Waals surface area contributed by atoms with E-state index < -0.39 is 0 Å². The lowest BCUT2D eigenvalue weighted by atomic mass is 9.97. The summed E-state index contributed by atoms with van der Waals surface area (Å²) in [7, 11) is 0. The molecular formula is C16H27N. The fraction of sp³-hybridized carbons (Fsp3) is 0.562. The highest BCUT2D eigenvalue weighted by Gasteiger charge is 2.07. The van der Waals surface area contributed by atoms with Gasteiger partial charge in [0.2, 0.25) is 0 Å². The van der Waals surface area contributed by atoms with Crippen LogP contribution in [0, 0.1) is 5.92 Å². The molecule has 17 heavy (non-hydrogen) atoms. The molecule has 0 spiro atoms. The lowest BCUT2D eigenvalue weighted by molar-refractivity contribution is 0.856. The maximum absolute atomic E-state index is 4.59. The Hall–Kier alpha value is -1.11. The highest BCUT2D eigenvalue weighted by molar-refractivity contribution is 5.98. The predicted molar refractivity (Wildman–Crippen MR) is 79.8 cm³/mol. The zero-order valence-corrected chi connectivity index (χ0v) is 11.8. The summed E-state index contributed by atoms with van der Waals surface area (Å²) in [6.45, 7) is 9.27. The van der Waals surface area contributed by atoms with Crippen LogP contribution in [-0.2, 0) is 0 Å². The SMILES string of the molecule is CC=CCC(C=CCCC)C(/C=C\C)=N\CC. The fourth-order valence-corrected chi connectivity index (χ4v) is 1.65. The maximum atomic E-state index is 4.59. The minimum atomic E-state index is 0.425. The molecule has 1 heteroatoms. The van der Waals surface area contributed by atoms with Gasteiger partial charge in [0.1, 0.15) is 0 Å². The summed E-state index contributed by atoms with van der Waals surface area (Å²) in [6.07, 6.45) is 16.5. The summed E-state index contributed by atoms with van der Waals surface area (Å²) in [5, 5.41) is 0. The summed E-state index contributed by atoms with van der Waals surface area (Å²) in [6, 6.07) is 0. The van der Waals surface area contributed by atoms with Crippen LogP contribution in [0.3, 0.4) is 0 Å². The number of hydrogen-bond donors (Lipinski definition) is 0. The molecule has 0 aliphatic heterocycles. The van der Waals surface area contributed by atoms with Crippen LogP contribution in [-0.4, -0.2) is 12.3 Å². The minimum Gasteiger partial charge on any atom is -0.289 e. The van der Waals surface area contributed by atoms with Crippen LogP contribution >= 0.6 is 0 Å². The highest BCUT2D eigenvalue weighted by Crippen LogP contribution is 2.12. The second-order valence-corrected chi connectivity index (χ2v) is 4.03. The summed E-state index contributed by atoms with van der Waals surface area (Å²) in [4.78, 5) is 4.59. The third-order valence-electron chi connectivity index (χ3n) is 2.51. The number of nitrogens with zero attached hydrogens (tertiary/aromatic N) is 1. The number of unbranched alkanes of at least 4 members (excludes halogenated alkanes) is 1. The van der Waals surface area contributed by atoms with Gasteiger partial charge >= 0.3 is 0 Å². The number of rotatable bonds is 8. The first-order chi connectivity index (χ1) is 8.29. The second-order valence-electron chi connectivity index (χ2n) is 4.03. The van der Waals surface area contributed by atoms with E-state index in [1.54, 1.807) is 0 Å². The number of aliphatic imine (C=N–C) groups is 1. The molecule has 0 heterocycles. The molecular weight excluding hydrogens is 206 g/mol. The van der Waals surface area contributed by atoms with Crippen molar-refractivity contribution in [1.29, 1.82) is 0 Å². The Morgan fingerprint density at radius 3 is 2.41 bits per heavy atom.